The van der Waals surface area contributed by atoms with E-state index in [0.717, 1.165) is 23.7 Å². The van der Waals surface area contributed by atoms with Crippen molar-refractivity contribution in [1.82, 2.24) is 0 Å². The van der Waals surface area contributed by atoms with E-state index in [1.165, 1.54) is 25.3 Å². The van der Waals surface area contributed by atoms with E-state index in [2.05, 4.69) is 6.58 Å². The molecule has 0 aromatic heterocycles. The summed E-state index contributed by atoms with van der Waals surface area (Å²) < 4.78 is 10.9. The van der Waals surface area contributed by atoms with E-state index in [4.69, 9.17) is 9.47 Å². The molecule has 0 N–H and O–H groups in total. The second-order valence-corrected chi connectivity index (χ2v) is 6.11. The molecule has 2 bridgehead atoms. The lowest BCUT2D eigenvalue weighted by atomic mass is 9.75. The number of esters is 1. The fourth-order valence-corrected chi connectivity index (χ4v) is 4.88. The minimum atomic E-state index is -0.281. The Kier molecular flexibility index (Phi) is 1.99. The van der Waals surface area contributed by atoms with E-state index in [9.17, 15) is 4.79 Å². The SMILES string of the molecule is C=CC(=O)OCC1CC2CC1C1C2CC2OC21. The van der Waals surface area contributed by atoms with E-state index in [-0.39, 0.29) is 5.97 Å². The first-order chi connectivity index (χ1) is 8.28. The van der Waals surface area contributed by atoms with E-state index < -0.39 is 0 Å². The molecular formula is C14H18O3. The van der Waals surface area contributed by atoms with Crippen molar-refractivity contribution in [3.8, 4) is 0 Å². The van der Waals surface area contributed by atoms with Crippen molar-refractivity contribution in [3.63, 3.8) is 0 Å². The minimum absolute atomic E-state index is 0.281. The Bertz CT molecular complexity index is 378. The summed E-state index contributed by atoms with van der Waals surface area (Å²) in [6.45, 7) is 4.02. The molecule has 17 heavy (non-hydrogen) atoms. The van der Waals surface area contributed by atoms with Crippen molar-refractivity contribution >= 4 is 5.97 Å². The number of rotatable bonds is 3. The van der Waals surface area contributed by atoms with Crippen molar-refractivity contribution in [2.24, 2.45) is 29.6 Å². The number of carbonyl (C=O) groups is 1. The number of fused-ring (bicyclic) bond motifs is 7. The average molecular weight is 234 g/mol. The maximum Gasteiger partial charge on any atom is 0.330 e. The summed E-state index contributed by atoms with van der Waals surface area (Å²) in [5.74, 6) is 3.64. The zero-order valence-electron chi connectivity index (χ0n) is 9.88. The predicted molar refractivity (Wildman–Crippen MR) is 61.1 cm³/mol. The standard InChI is InChI=1S/C14H18O3/c1-2-12(15)16-6-8-3-7-4-9(8)13-10(7)5-11-14(13)17-11/h2,7-11,13-14H,1,3-6H2. The fraction of sp³-hybridized carbons (Fsp3) is 0.786. The highest BCUT2D eigenvalue weighted by Gasteiger charge is 2.66. The van der Waals surface area contributed by atoms with Crippen LogP contribution >= 0.6 is 0 Å². The van der Waals surface area contributed by atoms with Gasteiger partial charge in [0, 0.05) is 6.08 Å². The number of carbonyl (C=O) groups excluding carboxylic acids is 1. The van der Waals surface area contributed by atoms with Crippen LogP contribution < -0.4 is 0 Å². The summed E-state index contributed by atoms with van der Waals surface area (Å²) in [6.07, 6.45) is 6.31. The summed E-state index contributed by atoms with van der Waals surface area (Å²) in [7, 11) is 0. The van der Waals surface area contributed by atoms with Gasteiger partial charge in [-0.15, -0.1) is 0 Å². The molecule has 3 aliphatic carbocycles. The van der Waals surface area contributed by atoms with E-state index in [1.54, 1.807) is 0 Å². The zero-order chi connectivity index (χ0) is 11.6. The van der Waals surface area contributed by atoms with Crippen LogP contribution in [0.4, 0.5) is 0 Å². The molecule has 4 aliphatic rings. The maximum absolute atomic E-state index is 11.1. The first kappa shape index (κ1) is 10.1. The summed E-state index contributed by atoms with van der Waals surface area (Å²) >= 11 is 0. The molecule has 1 saturated heterocycles. The Balaban J connectivity index is 1.43. The topological polar surface area (TPSA) is 38.8 Å². The third-order valence-corrected chi connectivity index (χ3v) is 5.49. The smallest absolute Gasteiger partial charge is 0.330 e. The molecule has 4 rings (SSSR count). The summed E-state index contributed by atoms with van der Waals surface area (Å²) in [4.78, 5) is 11.1. The van der Waals surface area contributed by atoms with Crippen molar-refractivity contribution in [3.05, 3.63) is 12.7 Å². The molecule has 1 heterocycles. The van der Waals surface area contributed by atoms with Crippen LogP contribution in [0.5, 0.6) is 0 Å². The van der Waals surface area contributed by atoms with Crippen LogP contribution in [0.1, 0.15) is 19.3 Å². The maximum atomic E-state index is 11.1. The molecule has 0 spiro atoms. The van der Waals surface area contributed by atoms with Crippen LogP contribution in [0.3, 0.4) is 0 Å². The number of ether oxygens (including phenoxy) is 2. The van der Waals surface area contributed by atoms with Crippen LogP contribution in [0.2, 0.25) is 0 Å². The molecule has 3 saturated carbocycles. The second-order valence-electron chi connectivity index (χ2n) is 6.11. The first-order valence-electron chi connectivity index (χ1n) is 6.72. The van der Waals surface area contributed by atoms with Gasteiger partial charge in [0.05, 0.1) is 18.8 Å². The van der Waals surface area contributed by atoms with Gasteiger partial charge >= 0.3 is 5.97 Å². The van der Waals surface area contributed by atoms with Crippen molar-refractivity contribution in [2.75, 3.05) is 6.61 Å². The van der Waals surface area contributed by atoms with E-state index >= 15 is 0 Å². The molecule has 0 amide bonds. The third-order valence-electron chi connectivity index (χ3n) is 5.49. The Morgan fingerprint density at radius 1 is 1.35 bits per heavy atom. The fourth-order valence-electron chi connectivity index (χ4n) is 4.88. The Morgan fingerprint density at radius 3 is 3.06 bits per heavy atom. The summed E-state index contributed by atoms with van der Waals surface area (Å²) in [5, 5.41) is 0. The second kappa shape index (κ2) is 3.35. The molecule has 3 nitrogen and oxygen atoms in total. The van der Waals surface area contributed by atoms with Gasteiger partial charge in [-0.1, -0.05) is 6.58 Å². The molecule has 0 radical (unpaired) electrons. The van der Waals surface area contributed by atoms with Gasteiger partial charge in [0.1, 0.15) is 0 Å². The molecule has 3 heteroatoms. The average Bonchev–Trinajstić information content (AvgIpc) is 2.75. The zero-order valence-corrected chi connectivity index (χ0v) is 9.88. The number of epoxide rings is 1. The molecule has 7 unspecified atom stereocenters. The van der Waals surface area contributed by atoms with Crippen LogP contribution in [0, 0.1) is 29.6 Å². The van der Waals surface area contributed by atoms with Gasteiger partial charge < -0.3 is 9.47 Å². The normalized spacial score (nSPS) is 53.1. The number of hydrogen-bond acceptors (Lipinski definition) is 3. The third kappa shape index (κ3) is 1.35. The van der Waals surface area contributed by atoms with Gasteiger partial charge in [-0.25, -0.2) is 4.79 Å². The lowest BCUT2D eigenvalue weighted by molar-refractivity contribution is -0.140. The highest BCUT2D eigenvalue weighted by atomic mass is 16.6. The van der Waals surface area contributed by atoms with Crippen molar-refractivity contribution < 1.29 is 14.3 Å². The Morgan fingerprint density at radius 2 is 2.24 bits per heavy atom. The molecule has 1 aliphatic heterocycles. The lowest BCUT2D eigenvalue weighted by Gasteiger charge is -2.32. The highest BCUT2D eigenvalue weighted by Crippen LogP contribution is 2.65. The van der Waals surface area contributed by atoms with Gasteiger partial charge in [0.15, 0.2) is 0 Å². The molecule has 0 aromatic rings. The number of hydrogen-bond donors (Lipinski definition) is 0. The Hall–Kier alpha value is -0.830. The van der Waals surface area contributed by atoms with Crippen LogP contribution in [-0.2, 0) is 14.3 Å². The van der Waals surface area contributed by atoms with Gasteiger partial charge in [0.25, 0.3) is 0 Å². The molecule has 92 valence electrons. The van der Waals surface area contributed by atoms with Gasteiger partial charge in [-0.3, -0.25) is 0 Å². The van der Waals surface area contributed by atoms with Gasteiger partial charge in [-0.2, -0.15) is 0 Å². The molecule has 4 fully saturated rings. The van der Waals surface area contributed by atoms with E-state index in [0.29, 0.717) is 24.7 Å². The molecule has 7 atom stereocenters. The Labute approximate surface area is 101 Å². The first-order valence-corrected chi connectivity index (χ1v) is 6.72. The van der Waals surface area contributed by atoms with Crippen molar-refractivity contribution in [1.29, 1.82) is 0 Å². The monoisotopic (exact) mass is 234 g/mol. The quantitative estimate of drug-likeness (QED) is 0.424. The lowest BCUT2D eigenvalue weighted by Crippen LogP contribution is -2.31. The molecule has 0 aromatic carbocycles. The largest absolute Gasteiger partial charge is 0.462 e. The van der Waals surface area contributed by atoms with Crippen LogP contribution in [0.15, 0.2) is 12.7 Å². The minimum Gasteiger partial charge on any atom is -0.462 e. The van der Waals surface area contributed by atoms with E-state index in [1.807, 2.05) is 0 Å². The summed E-state index contributed by atoms with van der Waals surface area (Å²) in [5.41, 5.74) is 0. The summed E-state index contributed by atoms with van der Waals surface area (Å²) in [6, 6.07) is 0. The predicted octanol–water partition coefficient (Wildman–Crippen LogP) is 1.78. The molecular weight excluding hydrogens is 216 g/mol. The van der Waals surface area contributed by atoms with Gasteiger partial charge in [0.2, 0.25) is 0 Å². The van der Waals surface area contributed by atoms with Crippen LogP contribution in [-0.4, -0.2) is 24.8 Å². The van der Waals surface area contributed by atoms with Gasteiger partial charge in [-0.05, 0) is 48.9 Å². The van der Waals surface area contributed by atoms with Crippen molar-refractivity contribution in [2.45, 2.75) is 31.5 Å². The van der Waals surface area contributed by atoms with Crippen LogP contribution in [0.25, 0.3) is 0 Å². The highest BCUT2D eigenvalue weighted by molar-refractivity contribution is 5.81.